The normalized spacial score (nSPS) is 13.8. The predicted octanol–water partition coefficient (Wildman–Crippen LogP) is 2.03. The van der Waals surface area contributed by atoms with Crippen LogP contribution < -0.4 is 0 Å². The molecular formula is C8H10BrClN2O2S. The molecule has 1 aromatic heterocycles. The van der Waals surface area contributed by atoms with Crippen LogP contribution in [0.5, 0.6) is 0 Å². The Morgan fingerprint density at radius 1 is 1.60 bits per heavy atom. The monoisotopic (exact) mass is 312 g/mol. The van der Waals surface area contributed by atoms with E-state index in [4.69, 9.17) is 11.6 Å². The van der Waals surface area contributed by atoms with Gasteiger partial charge >= 0.3 is 0 Å². The van der Waals surface area contributed by atoms with Gasteiger partial charge in [-0.3, -0.25) is 0 Å². The van der Waals surface area contributed by atoms with E-state index < -0.39 is 15.1 Å². The standard InChI is InChI=1S/C8H10BrClN2O2S/c1-6(2-3-10)15(13,14)8-7(9)4-11-5-12-8/h4-6H,2-3H2,1H3. The molecule has 4 nitrogen and oxygen atoms in total. The van der Waals surface area contributed by atoms with E-state index in [1.165, 1.54) is 12.5 Å². The lowest BCUT2D eigenvalue weighted by molar-refractivity contribution is 0.576. The van der Waals surface area contributed by atoms with Crippen molar-refractivity contribution in [2.45, 2.75) is 23.6 Å². The molecule has 84 valence electrons. The van der Waals surface area contributed by atoms with Gasteiger partial charge in [0.15, 0.2) is 14.9 Å². The second-order valence-corrected chi connectivity index (χ2v) is 6.52. The van der Waals surface area contributed by atoms with Crippen LogP contribution >= 0.6 is 27.5 Å². The Morgan fingerprint density at radius 3 is 2.80 bits per heavy atom. The van der Waals surface area contributed by atoms with Gasteiger partial charge in [-0.1, -0.05) is 0 Å². The van der Waals surface area contributed by atoms with Crippen LogP contribution in [0.1, 0.15) is 13.3 Å². The van der Waals surface area contributed by atoms with Gasteiger partial charge in [-0.15, -0.1) is 11.6 Å². The number of hydrogen-bond donors (Lipinski definition) is 0. The minimum atomic E-state index is -3.41. The van der Waals surface area contributed by atoms with Gasteiger partial charge in [0.25, 0.3) is 0 Å². The highest BCUT2D eigenvalue weighted by atomic mass is 79.9. The quantitative estimate of drug-likeness (QED) is 0.630. The number of halogens is 2. The SMILES string of the molecule is CC(CCCl)S(=O)(=O)c1ncncc1Br. The highest BCUT2D eigenvalue weighted by Crippen LogP contribution is 2.23. The zero-order valence-corrected chi connectivity index (χ0v) is 11.2. The molecule has 0 spiro atoms. The first-order valence-corrected chi connectivity index (χ1v) is 7.13. The van der Waals surface area contributed by atoms with Gasteiger partial charge in [0, 0.05) is 12.1 Å². The van der Waals surface area contributed by atoms with Crippen molar-refractivity contribution in [2.24, 2.45) is 0 Å². The second kappa shape index (κ2) is 5.23. The lowest BCUT2D eigenvalue weighted by Gasteiger charge is -2.11. The highest BCUT2D eigenvalue weighted by molar-refractivity contribution is 9.10. The summed E-state index contributed by atoms with van der Waals surface area (Å²) in [5.41, 5.74) is 0. The van der Waals surface area contributed by atoms with Crippen LogP contribution in [0.15, 0.2) is 22.0 Å². The molecule has 0 bridgehead atoms. The molecule has 0 N–H and O–H groups in total. The van der Waals surface area contributed by atoms with E-state index in [1.807, 2.05) is 0 Å². The number of alkyl halides is 1. The van der Waals surface area contributed by atoms with E-state index >= 15 is 0 Å². The molecule has 0 fully saturated rings. The maximum Gasteiger partial charge on any atom is 0.199 e. The van der Waals surface area contributed by atoms with Gasteiger partial charge in [0.05, 0.1) is 9.72 Å². The Kier molecular flexibility index (Phi) is 4.48. The van der Waals surface area contributed by atoms with E-state index in [1.54, 1.807) is 6.92 Å². The summed E-state index contributed by atoms with van der Waals surface area (Å²) in [6, 6.07) is 0. The molecular weight excluding hydrogens is 304 g/mol. The van der Waals surface area contributed by atoms with Crippen molar-refractivity contribution >= 4 is 37.4 Å². The molecule has 15 heavy (non-hydrogen) atoms. The zero-order valence-electron chi connectivity index (χ0n) is 8.02. The smallest absolute Gasteiger partial charge is 0.199 e. The molecule has 1 rings (SSSR count). The molecule has 0 aromatic carbocycles. The minimum Gasteiger partial charge on any atom is -0.244 e. The first-order valence-electron chi connectivity index (χ1n) is 4.25. The van der Waals surface area contributed by atoms with Gasteiger partial charge in [0.1, 0.15) is 6.33 Å². The average Bonchev–Trinajstić information content (AvgIpc) is 2.18. The van der Waals surface area contributed by atoms with Crippen molar-refractivity contribution in [3.63, 3.8) is 0 Å². The number of hydrogen-bond acceptors (Lipinski definition) is 4. The summed E-state index contributed by atoms with van der Waals surface area (Å²) in [6.45, 7) is 1.62. The Bertz CT molecular complexity index is 438. The van der Waals surface area contributed by atoms with Crippen LogP contribution in [0.3, 0.4) is 0 Å². The third-order valence-corrected chi connectivity index (χ3v) is 5.17. The van der Waals surface area contributed by atoms with E-state index in [0.717, 1.165) is 0 Å². The number of sulfone groups is 1. The summed E-state index contributed by atoms with van der Waals surface area (Å²) in [7, 11) is -3.41. The Balaban J connectivity index is 3.12. The van der Waals surface area contributed by atoms with Gasteiger partial charge in [0.2, 0.25) is 0 Å². The van der Waals surface area contributed by atoms with E-state index in [9.17, 15) is 8.42 Å². The molecule has 1 atom stereocenters. The third kappa shape index (κ3) is 2.89. The molecule has 0 amide bonds. The molecule has 0 saturated heterocycles. The van der Waals surface area contributed by atoms with E-state index in [-0.39, 0.29) is 5.03 Å². The van der Waals surface area contributed by atoms with Crippen molar-refractivity contribution in [2.75, 3.05) is 5.88 Å². The maximum absolute atomic E-state index is 12.0. The summed E-state index contributed by atoms with van der Waals surface area (Å²) in [5, 5.41) is -0.517. The molecule has 0 radical (unpaired) electrons. The zero-order chi connectivity index (χ0) is 11.5. The third-order valence-electron chi connectivity index (χ3n) is 1.95. The summed E-state index contributed by atoms with van der Waals surface area (Å²) in [4.78, 5) is 7.48. The highest BCUT2D eigenvalue weighted by Gasteiger charge is 2.26. The predicted molar refractivity (Wildman–Crippen MR) is 61.7 cm³/mol. The lowest BCUT2D eigenvalue weighted by atomic mass is 10.4. The topological polar surface area (TPSA) is 59.9 Å². The van der Waals surface area contributed by atoms with Crippen molar-refractivity contribution in [3.05, 3.63) is 17.0 Å². The molecule has 1 aromatic rings. The molecule has 0 aliphatic carbocycles. The van der Waals surface area contributed by atoms with E-state index in [2.05, 4.69) is 25.9 Å². The van der Waals surface area contributed by atoms with Crippen molar-refractivity contribution in [3.8, 4) is 0 Å². The van der Waals surface area contributed by atoms with Gasteiger partial charge in [-0.25, -0.2) is 18.4 Å². The van der Waals surface area contributed by atoms with E-state index in [0.29, 0.717) is 16.8 Å². The molecule has 1 unspecified atom stereocenters. The van der Waals surface area contributed by atoms with Crippen LogP contribution in [0.4, 0.5) is 0 Å². The Labute approximate surface area is 102 Å². The molecule has 0 aliphatic heterocycles. The minimum absolute atomic E-state index is 0.0233. The van der Waals surface area contributed by atoms with Gasteiger partial charge < -0.3 is 0 Å². The van der Waals surface area contributed by atoms with Crippen LogP contribution in [-0.2, 0) is 9.84 Å². The van der Waals surface area contributed by atoms with Crippen molar-refractivity contribution < 1.29 is 8.42 Å². The maximum atomic E-state index is 12.0. The molecule has 0 aliphatic rings. The second-order valence-electron chi connectivity index (χ2n) is 3.01. The first kappa shape index (κ1) is 12.9. The summed E-state index contributed by atoms with van der Waals surface area (Å²) in [6.07, 6.45) is 3.03. The van der Waals surface area contributed by atoms with Gasteiger partial charge in [-0.2, -0.15) is 0 Å². The fourth-order valence-electron chi connectivity index (χ4n) is 1.01. The number of rotatable bonds is 4. The fourth-order valence-corrected chi connectivity index (χ4v) is 3.69. The first-order chi connectivity index (χ1) is 7.00. The fraction of sp³-hybridized carbons (Fsp3) is 0.500. The van der Waals surface area contributed by atoms with Crippen LogP contribution in [0.2, 0.25) is 0 Å². The molecule has 0 saturated carbocycles. The summed E-state index contributed by atoms with van der Waals surface area (Å²) >= 11 is 8.64. The molecule has 7 heteroatoms. The van der Waals surface area contributed by atoms with Crippen LogP contribution in [0, 0.1) is 0 Å². The summed E-state index contributed by atoms with van der Waals surface area (Å²) in [5.74, 6) is 0.309. The Hall–Kier alpha value is -0.200. The molecule has 1 heterocycles. The van der Waals surface area contributed by atoms with Crippen molar-refractivity contribution in [1.29, 1.82) is 0 Å². The van der Waals surface area contributed by atoms with Crippen LogP contribution in [0.25, 0.3) is 0 Å². The van der Waals surface area contributed by atoms with Crippen LogP contribution in [-0.4, -0.2) is 29.5 Å². The number of nitrogens with zero attached hydrogens (tertiary/aromatic N) is 2. The lowest BCUT2D eigenvalue weighted by Crippen LogP contribution is -2.20. The van der Waals surface area contributed by atoms with Gasteiger partial charge in [-0.05, 0) is 29.3 Å². The number of aromatic nitrogens is 2. The summed E-state index contributed by atoms with van der Waals surface area (Å²) < 4.78 is 24.3. The van der Waals surface area contributed by atoms with Crippen molar-refractivity contribution in [1.82, 2.24) is 9.97 Å². The largest absolute Gasteiger partial charge is 0.244 e. The average molecular weight is 314 g/mol. The Morgan fingerprint density at radius 2 is 2.27 bits per heavy atom.